The van der Waals surface area contributed by atoms with E-state index in [1.165, 1.54) is 16.7 Å². The number of carbonyl (C=O) groups is 1. The second-order valence-corrected chi connectivity index (χ2v) is 5.90. The molecule has 0 atom stereocenters. The number of anilines is 1. The molecule has 23 heavy (non-hydrogen) atoms. The molecule has 1 heterocycles. The van der Waals surface area contributed by atoms with Gasteiger partial charge in [-0.2, -0.15) is 0 Å². The Morgan fingerprint density at radius 1 is 1.13 bits per heavy atom. The van der Waals surface area contributed by atoms with E-state index >= 15 is 0 Å². The Morgan fingerprint density at radius 3 is 2.57 bits per heavy atom. The Balaban J connectivity index is 1.72. The van der Waals surface area contributed by atoms with Gasteiger partial charge < -0.3 is 10.2 Å². The van der Waals surface area contributed by atoms with E-state index in [4.69, 9.17) is 0 Å². The summed E-state index contributed by atoms with van der Waals surface area (Å²) in [5, 5.41) is 3.32. The molecule has 122 valence electrons. The number of aromatic nitrogens is 1. The lowest BCUT2D eigenvalue weighted by Gasteiger charge is -2.17. The number of hydrogen-bond donors (Lipinski definition) is 1. The maximum atomic E-state index is 12.1. The smallest absolute Gasteiger partial charge is 0.224 e. The molecule has 1 aromatic carbocycles. The number of hydrogen-bond acceptors (Lipinski definition) is 3. The summed E-state index contributed by atoms with van der Waals surface area (Å²) in [6.07, 6.45) is 4.92. The summed E-state index contributed by atoms with van der Waals surface area (Å²) in [5.41, 5.74) is 4.81. The van der Waals surface area contributed by atoms with Crippen molar-refractivity contribution in [2.75, 3.05) is 25.5 Å². The molecule has 0 aliphatic heterocycles. The average Bonchev–Trinajstić information content (AvgIpc) is 2.56. The maximum absolute atomic E-state index is 12.1. The van der Waals surface area contributed by atoms with Gasteiger partial charge in [0, 0.05) is 44.6 Å². The molecule has 0 radical (unpaired) electrons. The van der Waals surface area contributed by atoms with Crippen molar-refractivity contribution >= 4 is 11.6 Å². The van der Waals surface area contributed by atoms with Crippen molar-refractivity contribution in [2.45, 2.75) is 26.7 Å². The third-order valence-corrected chi connectivity index (χ3v) is 4.09. The van der Waals surface area contributed by atoms with E-state index in [0.717, 1.165) is 18.7 Å². The molecule has 2 rings (SSSR count). The van der Waals surface area contributed by atoms with Crippen LogP contribution >= 0.6 is 0 Å². The fraction of sp³-hybridized carbons (Fsp3) is 0.368. The highest BCUT2D eigenvalue weighted by Crippen LogP contribution is 2.14. The standard InChI is InChI=1S/C19H25N3O/c1-15-4-5-18(14-16(15)2)21-12-8-19(23)22(3)13-9-17-6-10-20-11-7-17/h4-7,10-11,14,21H,8-9,12-13H2,1-3H3. The molecule has 4 heteroatoms. The van der Waals surface area contributed by atoms with Crippen LogP contribution in [-0.4, -0.2) is 35.9 Å². The molecule has 0 fully saturated rings. The summed E-state index contributed by atoms with van der Waals surface area (Å²) in [6.45, 7) is 5.58. The number of nitrogens with one attached hydrogen (secondary N) is 1. The van der Waals surface area contributed by atoms with Crippen molar-refractivity contribution in [3.05, 3.63) is 59.4 Å². The van der Waals surface area contributed by atoms with E-state index < -0.39 is 0 Å². The predicted molar refractivity (Wildman–Crippen MR) is 94.6 cm³/mol. The highest BCUT2D eigenvalue weighted by molar-refractivity contribution is 5.76. The Hall–Kier alpha value is -2.36. The van der Waals surface area contributed by atoms with E-state index in [9.17, 15) is 4.79 Å². The van der Waals surface area contributed by atoms with Gasteiger partial charge >= 0.3 is 0 Å². The number of rotatable bonds is 7. The van der Waals surface area contributed by atoms with Crippen LogP contribution in [0.2, 0.25) is 0 Å². The monoisotopic (exact) mass is 311 g/mol. The molecule has 1 amide bonds. The molecule has 0 saturated heterocycles. The molecule has 2 aromatic rings. The van der Waals surface area contributed by atoms with Crippen LogP contribution in [0.4, 0.5) is 5.69 Å². The van der Waals surface area contributed by atoms with E-state index in [-0.39, 0.29) is 5.91 Å². The minimum absolute atomic E-state index is 0.162. The van der Waals surface area contributed by atoms with Crippen molar-refractivity contribution in [3.63, 3.8) is 0 Å². The third-order valence-electron chi connectivity index (χ3n) is 4.09. The van der Waals surface area contributed by atoms with Crippen molar-refractivity contribution in [1.82, 2.24) is 9.88 Å². The van der Waals surface area contributed by atoms with E-state index in [1.807, 2.05) is 19.2 Å². The van der Waals surface area contributed by atoms with Crippen LogP contribution in [0.15, 0.2) is 42.7 Å². The van der Waals surface area contributed by atoms with Crippen LogP contribution in [-0.2, 0) is 11.2 Å². The fourth-order valence-corrected chi connectivity index (χ4v) is 2.33. The van der Waals surface area contributed by atoms with E-state index in [1.54, 1.807) is 17.3 Å². The number of nitrogens with zero attached hydrogens (tertiary/aromatic N) is 2. The van der Waals surface area contributed by atoms with Gasteiger partial charge in [-0.05, 0) is 61.2 Å². The van der Waals surface area contributed by atoms with Gasteiger partial charge in [-0.3, -0.25) is 9.78 Å². The lowest BCUT2D eigenvalue weighted by atomic mass is 10.1. The summed E-state index contributed by atoms with van der Waals surface area (Å²) < 4.78 is 0. The first-order valence-corrected chi connectivity index (χ1v) is 8.00. The largest absolute Gasteiger partial charge is 0.385 e. The number of benzene rings is 1. The van der Waals surface area contributed by atoms with Crippen molar-refractivity contribution in [1.29, 1.82) is 0 Å². The second kappa shape index (κ2) is 8.32. The Kier molecular flexibility index (Phi) is 6.15. The quantitative estimate of drug-likeness (QED) is 0.854. The summed E-state index contributed by atoms with van der Waals surface area (Å²) in [7, 11) is 1.86. The summed E-state index contributed by atoms with van der Waals surface area (Å²) >= 11 is 0. The number of likely N-dealkylation sites (N-methyl/N-ethyl adjacent to an activating group) is 1. The van der Waals surface area contributed by atoms with Crippen molar-refractivity contribution in [2.24, 2.45) is 0 Å². The van der Waals surface area contributed by atoms with Gasteiger partial charge in [-0.25, -0.2) is 0 Å². The molecule has 0 unspecified atom stereocenters. The summed E-state index contributed by atoms with van der Waals surface area (Å²) in [4.78, 5) is 17.9. The first-order valence-electron chi connectivity index (χ1n) is 8.00. The van der Waals surface area contributed by atoms with Gasteiger partial charge in [0.2, 0.25) is 5.91 Å². The van der Waals surface area contributed by atoms with Crippen LogP contribution in [0.25, 0.3) is 0 Å². The zero-order valence-electron chi connectivity index (χ0n) is 14.2. The second-order valence-electron chi connectivity index (χ2n) is 5.90. The molecule has 0 bridgehead atoms. The lowest BCUT2D eigenvalue weighted by Crippen LogP contribution is -2.30. The van der Waals surface area contributed by atoms with Crippen LogP contribution < -0.4 is 5.32 Å². The van der Waals surface area contributed by atoms with Crippen molar-refractivity contribution < 1.29 is 4.79 Å². The highest BCUT2D eigenvalue weighted by Gasteiger charge is 2.08. The maximum Gasteiger partial charge on any atom is 0.224 e. The Labute approximate surface area is 138 Å². The fourth-order valence-electron chi connectivity index (χ4n) is 2.33. The molecular weight excluding hydrogens is 286 g/mol. The molecule has 0 aliphatic carbocycles. The molecular formula is C19H25N3O. The lowest BCUT2D eigenvalue weighted by molar-refractivity contribution is -0.129. The van der Waals surface area contributed by atoms with Gasteiger partial charge in [0.1, 0.15) is 0 Å². The van der Waals surface area contributed by atoms with Crippen LogP contribution in [0.1, 0.15) is 23.1 Å². The Bertz CT molecular complexity index is 640. The van der Waals surface area contributed by atoms with Crippen molar-refractivity contribution in [3.8, 4) is 0 Å². The number of pyridine rings is 1. The van der Waals surface area contributed by atoms with Gasteiger partial charge in [0.05, 0.1) is 0 Å². The molecule has 0 saturated carbocycles. The predicted octanol–water partition coefficient (Wildman–Crippen LogP) is 3.20. The van der Waals surface area contributed by atoms with Gasteiger partial charge in [-0.1, -0.05) is 6.07 Å². The number of amides is 1. The van der Waals surface area contributed by atoms with E-state index in [2.05, 4.69) is 42.3 Å². The number of aryl methyl sites for hydroxylation is 2. The normalized spacial score (nSPS) is 10.4. The highest BCUT2D eigenvalue weighted by atomic mass is 16.2. The van der Waals surface area contributed by atoms with Gasteiger partial charge in [0.25, 0.3) is 0 Å². The van der Waals surface area contributed by atoms with Gasteiger partial charge in [0.15, 0.2) is 0 Å². The first-order chi connectivity index (χ1) is 11.1. The number of carbonyl (C=O) groups excluding carboxylic acids is 1. The summed E-state index contributed by atoms with van der Waals surface area (Å²) in [6, 6.07) is 10.2. The van der Waals surface area contributed by atoms with E-state index in [0.29, 0.717) is 13.0 Å². The molecule has 0 spiro atoms. The minimum atomic E-state index is 0.162. The van der Waals surface area contributed by atoms with Crippen LogP contribution in [0, 0.1) is 13.8 Å². The molecule has 4 nitrogen and oxygen atoms in total. The Morgan fingerprint density at radius 2 is 1.87 bits per heavy atom. The zero-order valence-corrected chi connectivity index (χ0v) is 14.2. The molecule has 1 aromatic heterocycles. The third kappa shape index (κ3) is 5.40. The summed E-state index contributed by atoms with van der Waals surface area (Å²) in [5.74, 6) is 0.162. The average molecular weight is 311 g/mol. The van der Waals surface area contributed by atoms with Gasteiger partial charge in [-0.15, -0.1) is 0 Å². The topological polar surface area (TPSA) is 45.2 Å². The van der Waals surface area contributed by atoms with Crippen LogP contribution in [0.3, 0.4) is 0 Å². The molecule has 0 aliphatic rings. The van der Waals surface area contributed by atoms with Crippen LogP contribution in [0.5, 0.6) is 0 Å². The minimum Gasteiger partial charge on any atom is -0.385 e. The zero-order chi connectivity index (χ0) is 16.7. The molecule has 1 N–H and O–H groups in total. The SMILES string of the molecule is Cc1ccc(NCCC(=O)N(C)CCc2ccncc2)cc1C. The first kappa shape index (κ1) is 17.0.